The summed E-state index contributed by atoms with van der Waals surface area (Å²) in [6.45, 7) is 0.581. The molecule has 2 nitrogen and oxygen atoms in total. The molecule has 0 radical (unpaired) electrons. The molecular weight excluding hydrogens is 234 g/mol. The Kier molecular flexibility index (Phi) is 3.32. The first-order valence-corrected chi connectivity index (χ1v) is 6.33. The zero-order chi connectivity index (χ0) is 12.9. The molecular formula is C17H15NO. The van der Waals surface area contributed by atoms with E-state index < -0.39 is 0 Å². The topological polar surface area (TPSA) is 14.2 Å². The maximum atomic E-state index is 5.88. The van der Waals surface area contributed by atoms with E-state index in [0.717, 1.165) is 11.6 Å². The maximum Gasteiger partial charge on any atom is 0.198 e. The van der Waals surface area contributed by atoms with Crippen LogP contribution in [-0.2, 0) is 6.61 Å². The van der Waals surface area contributed by atoms with Gasteiger partial charge >= 0.3 is 0 Å². The highest BCUT2D eigenvalue weighted by molar-refractivity contribution is 5.37. The lowest BCUT2D eigenvalue weighted by molar-refractivity contribution is 0.288. The van der Waals surface area contributed by atoms with Crippen LogP contribution in [0.5, 0.6) is 5.88 Å². The molecule has 2 heteroatoms. The Balaban J connectivity index is 1.78. The van der Waals surface area contributed by atoms with Gasteiger partial charge in [0.25, 0.3) is 0 Å². The summed E-state index contributed by atoms with van der Waals surface area (Å²) in [6.07, 6.45) is 2.01. The number of hydrogen-bond acceptors (Lipinski definition) is 1. The molecule has 0 spiro atoms. The molecule has 2 aromatic carbocycles. The molecule has 0 aliphatic rings. The molecule has 0 fully saturated rings. The summed E-state index contributed by atoms with van der Waals surface area (Å²) in [7, 11) is 0. The number of aromatic nitrogens is 1. The summed E-state index contributed by atoms with van der Waals surface area (Å²) in [5, 5.41) is 0. The Morgan fingerprint density at radius 2 is 1.42 bits per heavy atom. The molecule has 0 saturated heterocycles. The third-order valence-corrected chi connectivity index (χ3v) is 2.98. The van der Waals surface area contributed by atoms with Crippen molar-refractivity contribution in [1.29, 1.82) is 0 Å². The van der Waals surface area contributed by atoms with Crippen LogP contribution >= 0.6 is 0 Å². The van der Waals surface area contributed by atoms with Crippen molar-refractivity contribution in [2.75, 3.05) is 0 Å². The summed E-state index contributed by atoms with van der Waals surface area (Å²) >= 11 is 0. The number of rotatable bonds is 4. The SMILES string of the molecule is c1ccc(COc2cccn2-c2ccccc2)cc1. The van der Waals surface area contributed by atoms with Crippen molar-refractivity contribution in [3.8, 4) is 11.6 Å². The largest absolute Gasteiger partial charge is 0.474 e. The summed E-state index contributed by atoms with van der Waals surface area (Å²) < 4.78 is 7.93. The first-order valence-electron chi connectivity index (χ1n) is 6.33. The fourth-order valence-electron chi connectivity index (χ4n) is 2.02. The third kappa shape index (κ3) is 2.68. The number of para-hydroxylation sites is 1. The van der Waals surface area contributed by atoms with E-state index in [2.05, 4.69) is 24.3 Å². The Bertz CT molecular complexity index is 629. The van der Waals surface area contributed by atoms with Crippen LogP contribution in [0.15, 0.2) is 79.0 Å². The van der Waals surface area contributed by atoms with Gasteiger partial charge < -0.3 is 4.74 Å². The molecule has 3 aromatic rings. The Morgan fingerprint density at radius 1 is 0.737 bits per heavy atom. The van der Waals surface area contributed by atoms with E-state index in [9.17, 15) is 0 Å². The average Bonchev–Trinajstić information content (AvgIpc) is 2.95. The molecule has 19 heavy (non-hydrogen) atoms. The van der Waals surface area contributed by atoms with Gasteiger partial charge in [-0.15, -0.1) is 0 Å². The summed E-state index contributed by atoms with van der Waals surface area (Å²) in [4.78, 5) is 0. The van der Waals surface area contributed by atoms with Gasteiger partial charge in [-0.05, 0) is 23.8 Å². The van der Waals surface area contributed by atoms with Crippen LogP contribution in [0.2, 0.25) is 0 Å². The monoisotopic (exact) mass is 249 g/mol. The van der Waals surface area contributed by atoms with E-state index in [-0.39, 0.29) is 0 Å². The zero-order valence-electron chi connectivity index (χ0n) is 10.6. The molecule has 3 rings (SSSR count). The molecule has 0 amide bonds. The first kappa shape index (κ1) is 11.6. The van der Waals surface area contributed by atoms with Crippen LogP contribution in [0, 0.1) is 0 Å². The highest BCUT2D eigenvalue weighted by Gasteiger charge is 2.03. The van der Waals surface area contributed by atoms with Gasteiger partial charge in [0, 0.05) is 18.0 Å². The lowest BCUT2D eigenvalue weighted by Gasteiger charge is -2.10. The van der Waals surface area contributed by atoms with E-state index in [4.69, 9.17) is 4.74 Å². The molecule has 0 bridgehead atoms. The molecule has 0 aliphatic heterocycles. The van der Waals surface area contributed by atoms with E-state index in [1.807, 2.05) is 59.3 Å². The van der Waals surface area contributed by atoms with Crippen molar-refractivity contribution in [3.63, 3.8) is 0 Å². The molecule has 0 atom stereocenters. The first-order chi connectivity index (χ1) is 9.43. The molecule has 0 unspecified atom stereocenters. The van der Waals surface area contributed by atoms with Crippen molar-refractivity contribution < 1.29 is 4.74 Å². The third-order valence-electron chi connectivity index (χ3n) is 2.98. The Morgan fingerprint density at radius 3 is 2.16 bits per heavy atom. The fourth-order valence-corrected chi connectivity index (χ4v) is 2.02. The number of ether oxygens (including phenoxy) is 1. The van der Waals surface area contributed by atoms with E-state index in [1.165, 1.54) is 5.56 Å². The quantitative estimate of drug-likeness (QED) is 0.680. The molecule has 94 valence electrons. The minimum Gasteiger partial charge on any atom is -0.474 e. The van der Waals surface area contributed by atoms with Gasteiger partial charge in [0.1, 0.15) is 6.61 Å². The van der Waals surface area contributed by atoms with Gasteiger partial charge in [0.05, 0.1) is 0 Å². The second-order valence-corrected chi connectivity index (χ2v) is 4.33. The Hall–Kier alpha value is -2.48. The second-order valence-electron chi connectivity index (χ2n) is 4.33. The second kappa shape index (κ2) is 5.44. The van der Waals surface area contributed by atoms with Crippen LogP contribution in [-0.4, -0.2) is 4.57 Å². The normalized spacial score (nSPS) is 10.3. The highest BCUT2D eigenvalue weighted by atomic mass is 16.5. The van der Waals surface area contributed by atoms with E-state index in [0.29, 0.717) is 6.61 Å². The van der Waals surface area contributed by atoms with Gasteiger partial charge in [-0.2, -0.15) is 0 Å². The highest BCUT2D eigenvalue weighted by Crippen LogP contribution is 2.19. The average molecular weight is 249 g/mol. The predicted octanol–water partition coefficient (Wildman–Crippen LogP) is 4.06. The predicted molar refractivity (Wildman–Crippen MR) is 76.5 cm³/mol. The molecule has 0 N–H and O–H groups in total. The summed E-state index contributed by atoms with van der Waals surface area (Å²) in [6, 6.07) is 24.4. The van der Waals surface area contributed by atoms with Crippen LogP contribution in [0.25, 0.3) is 5.69 Å². The molecule has 1 aromatic heterocycles. The van der Waals surface area contributed by atoms with Crippen LogP contribution in [0.3, 0.4) is 0 Å². The maximum absolute atomic E-state index is 5.88. The van der Waals surface area contributed by atoms with Crippen molar-refractivity contribution in [2.24, 2.45) is 0 Å². The van der Waals surface area contributed by atoms with Crippen LogP contribution in [0.1, 0.15) is 5.56 Å². The lowest BCUT2D eigenvalue weighted by Crippen LogP contribution is -2.00. The number of nitrogens with zero attached hydrogens (tertiary/aromatic N) is 1. The molecule has 0 aliphatic carbocycles. The van der Waals surface area contributed by atoms with Gasteiger partial charge in [0.2, 0.25) is 0 Å². The zero-order valence-corrected chi connectivity index (χ0v) is 10.6. The van der Waals surface area contributed by atoms with Crippen LogP contribution < -0.4 is 4.74 Å². The van der Waals surface area contributed by atoms with Gasteiger partial charge in [-0.25, -0.2) is 0 Å². The fraction of sp³-hybridized carbons (Fsp3) is 0.0588. The van der Waals surface area contributed by atoms with Crippen LogP contribution in [0.4, 0.5) is 0 Å². The molecule has 0 saturated carbocycles. The smallest absolute Gasteiger partial charge is 0.198 e. The van der Waals surface area contributed by atoms with Crippen molar-refractivity contribution in [2.45, 2.75) is 6.61 Å². The summed E-state index contributed by atoms with van der Waals surface area (Å²) in [5.41, 5.74) is 2.28. The Labute approximate surface area is 112 Å². The lowest BCUT2D eigenvalue weighted by atomic mass is 10.2. The van der Waals surface area contributed by atoms with Crippen molar-refractivity contribution in [1.82, 2.24) is 4.57 Å². The van der Waals surface area contributed by atoms with Crippen molar-refractivity contribution >= 4 is 0 Å². The van der Waals surface area contributed by atoms with E-state index >= 15 is 0 Å². The minimum absolute atomic E-state index is 0.581. The minimum atomic E-state index is 0.581. The van der Waals surface area contributed by atoms with Gasteiger partial charge in [-0.3, -0.25) is 4.57 Å². The standard InChI is InChI=1S/C17H15NO/c1-3-8-15(9-4-1)14-19-17-12-7-13-18(17)16-10-5-2-6-11-16/h1-13H,14H2. The van der Waals surface area contributed by atoms with E-state index in [1.54, 1.807) is 0 Å². The number of hydrogen-bond donors (Lipinski definition) is 0. The summed E-state index contributed by atoms with van der Waals surface area (Å²) in [5.74, 6) is 0.857. The molecule has 1 heterocycles. The van der Waals surface area contributed by atoms with Gasteiger partial charge in [-0.1, -0.05) is 48.5 Å². The number of benzene rings is 2. The van der Waals surface area contributed by atoms with Crippen molar-refractivity contribution in [3.05, 3.63) is 84.6 Å². The van der Waals surface area contributed by atoms with Gasteiger partial charge in [0.15, 0.2) is 5.88 Å².